The highest BCUT2D eigenvalue weighted by molar-refractivity contribution is 5.97. The van der Waals surface area contributed by atoms with Crippen LogP contribution in [0.3, 0.4) is 0 Å². The summed E-state index contributed by atoms with van der Waals surface area (Å²) in [7, 11) is 2.90. The molecule has 27 heavy (non-hydrogen) atoms. The van der Waals surface area contributed by atoms with Gasteiger partial charge in [0.25, 0.3) is 5.91 Å². The quantitative estimate of drug-likeness (QED) is 0.523. The van der Waals surface area contributed by atoms with Gasteiger partial charge in [-0.1, -0.05) is 18.2 Å². The van der Waals surface area contributed by atoms with Gasteiger partial charge in [-0.25, -0.2) is 0 Å². The molecule has 0 bridgehead atoms. The Morgan fingerprint density at radius 3 is 2.67 bits per heavy atom. The highest BCUT2D eigenvalue weighted by Crippen LogP contribution is 2.23. The van der Waals surface area contributed by atoms with Gasteiger partial charge in [-0.3, -0.25) is 24.4 Å². The van der Waals surface area contributed by atoms with E-state index >= 15 is 0 Å². The fourth-order valence-corrected chi connectivity index (χ4v) is 2.80. The van der Waals surface area contributed by atoms with Gasteiger partial charge in [0.15, 0.2) is 0 Å². The Labute approximate surface area is 154 Å². The average molecular weight is 376 g/mol. The SMILES string of the molecule is COc1ccccc1CC(CNC(=O)c1c([N+](=O)[O-])c(C)nn1C)C(=O)O. The van der Waals surface area contributed by atoms with Gasteiger partial charge in [-0.05, 0) is 25.0 Å². The summed E-state index contributed by atoms with van der Waals surface area (Å²) < 4.78 is 6.32. The second kappa shape index (κ2) is 8.30. The Balaban J connectivity index is 2.16. The summed E-state index contributed by atoms with van der Waals surface area (Å²) in [6.07, 6.45) is 0.131. The number of para-hydroxylation sites is 1. The number of benzene rings is 1. The first kappa shape index (κ1) is 19.9. The molecule has 2 rings (SSSR count). The minimum absolute atomic E-state index is 0.108. The minimum atomic E-state index is -1.10. The molecule has 1 atom stereocenters. The molecule has 10 nitrogen and oxygen atoms in total. The average Bonchev–Trinajstić information content (AvgIpc) is 2.92. The van der Waals surface area contributed by atoms with Crippen LogP contribution < -0.4 is 10.1 Å². The molecular weight excluding hydrogens is 356 g/mol. The summed E-state index contributed by atoms with van der Waals surface area (Å²) in [6, 6.07) is 6.99. The minimum Gasteiger partial charge on any atom is -0.496 e. The van der Waals surface area contributed by atoms with E-state index in [2.05, 4.69) is 10.4 Å². The van der Waals surface area contributed by atoms with Gasteiger partial charge in [0, 0.05) is 13.6 Å². The molecule has 144 valence electrons. The topological polar surface area (TPSA) is 137 Å². The van der Waals surface area contributed by atoms with Crippen LogP contribution >= 0.6 is 0 Å². The first-order chi connectivity index (χ1) is 12.8. The van der Waals surface area contributed by atoms with Crippen molar-refractivity contribution in [2.75, 3.05) is 13.7 Å². The molecule has 0 spiro atoms. The van der Waals surface area contributed by atoms with Gasteiger partial charge in [0.05, 0.1) is 18.0 Å². The van der Waals surface area contributed by atoms with Crippen LogP contribution in [0.15, 0.2) is 24.3 Å². The first-order valence-electron chi connectivity index (χ1n) is 8.07. The van der Waals surface area contributed by atoms with Crippen molar-refractivity contribution in [3.63, 3.8) is 0 Å². The number of carboxylic acid groups (broad SMARTS) is 1. The first-order valence-corrected chi connectivity index (χ1v) is 8.07. The zero-order chi connectivity index (χ0) is 20.1. The predicted octanol–water partition coefficient (Wildman–Crippen LogP) is 1.32. The summed E-state index contributed by atoms with van der Waals surface area (Å²) >= 11 is 0. The fraction of sp³-hybridized carbons (Fsp3) is 0.353. The lowest BCUT2D eigenvalue weighted by Gasteiger charge is -2.15. The highest BCUT2D eigenvalue weighted by atomic mass is 16.6. The Kier molecular flexibility index (Phi) is 6.11. The van der Waals surface area contributed by atoms with E-state index in [1.807, 2.05) is 0 Å². The van der Waals surface area contributed by atoms with E-state index in [1.165, 1.54) is 21.1 Å². The van der Waals surface area contributed by atoms with Gasteiger partial charge in [0.1, 0.15) is 11.4 Å². The van der Waals surface area contributed by atoms with E-state index in [4.69, 9.17) is 4.74 Å². The van der Waals surface area contributed by atoms with Crippen molar-refractivity contribution in [1.29, 1.82) is 0 Å². The number of carbonyl (C=O) groups is 2. The second-order valence-corrected chi connectivity index (χ2v) is 5.92. The molecule has 0 aliphatic heterocycles. The Morgan fingerprint density at radius 1 is 1.41 bits per heavy atom. The Hall–Kier alpha value is -3.43. The van der Waals surface area contributed by atoms with Crippen molar-refractivity contribution < 1.29 is 24.4 Å². The molecule has 0 fully saturated rings. The third-order valence-corrected chi connectivity index (χ3v) is 4.11. The van der Waals surface area contributed by atoms with Crippen molar-refractivity contribution in [3.8, 4) is 5.75 Å². The van der Waals surface area contributed by atoms with Crippen LogP contribution in [-0.2, 0) is 18.3 Å². The largest absolute Gasteiger partial charge is 0.496 e. The van der Waals surface area contributed by atoms with Crippen molar-refractivity contribution in [2.45, 2.75) is 13.3 Å². The maximum Gasteiger partial charge on any atom is 0.322 e. The standard InChI is InChI=1S/C17H20N4O6/c1-10-14(21(25)26)15(20(2)19-10)16(22)18-9-12(17(23)24)8-11-6-4-5-7-13(11)27-3/h4-7,12H,8-9H2,1-3H3,(H,18,22)(H,23,24). The van der Waals surface area contributed by atoms with Gasteiger partial charge in [-0.2, -0.15) is 5.10 Å². The number of aryl methyl sites for hydroxylation is 2. The van der Waals surface area contributed by atoms with E-state index < -0.39 is 28.4 Å². The number of methoxy groups -OCH3 is 1. The summed E-state index contributed by atoms with van der Waals surface area (Å²) in [5.41, 5.74) is 0.172. The number of carbonyl (C=O) groups excluding carboxylic acids is 1. The molecule has 0 aliphatic carbocycles. The maximum atomic E-state index is 12.4. The lowest BCUT2D eigenvalue weighted by molar-refractivity contribution is -0.385. The summed E-state index contributed by atoms with van der Waals surface area (Å²) in [5.74, 6) is -2.24. The van der Waals surface area contributed by atoms with Crippen LogP contribution in [0.2, 0.25) is 0 Å². The normalized spacial score (nSPS) is 11.7. The van der Waals surface area contributed by atoms with Crippen LogP contribution in [0.1, 0.15) is 21.7 Å². The molecular formula is C17H20N4O6. The lowest BCUT2D eigenvalue weighted by atomic mass is 9.98. The molecule has 2 aromatic rings. The number of nitrogens with one attached hydrogen (secondary N) is 1. The summed E-state index contributed by atoms with van der Waals surface area (Å²) in [4.78, 5) is 34.5. The lowest BCUT2D eigenvalue weighted by Crippen LogP contribution is -2.35. The second-order valence-electron chi connectivity index (χ2n) is 5.92. The van der Waals surface area contributed by atoms with Gasteiger partial charge >= 0.3 is 11.7 Å². The van der Waals surface area contributed by atoms with E-state index in [0.717, 1.165) is 4.68 Å². The number of aromatic nitrogens is 2. The van der Waals surface area contributed by atoms with E-state index in [1.54, 1.807) is 24.3 Å². The van der Waals surface area contributed by atoms with Gasteiger partial charge in [0.2, 0.25) is 5.69 Å². The molecule has 1 amide bonds. The van der Waals surface area contributed by atoms with Crippen molar-refractivity contribution in [1.82, 2.24) is 15.1 Å². The van der Waals surface area contributed by atoms with Gasteiger partial charge < -0.3 is 15.2 Å². The number of hydrogen-bond donors (Lipinski definition) is 2. The molecule has 1 aromatic carbocycles. The predicted molar refractivity (Wildman–Crippen MR) is 94.8 cm³/mol. The monoisotopic (exact) mass is 376 g/mol. The van der Waals surface area contributed by atoms with Crippen molar-refractivity contribution in [2.24, 2.45) is 13.0 Å². The fourth-order valence-electron chi connectivity index (χ4n) is 2.80. The maximum absolute atomic E-state index is 12.4. The number of aliphatic carboxylic acids is 1. The number of amides is 1. The smallest absolute Gasteiger partial charge is 0.322 e. The number of ether oxygens (including phenoxy) is 1. The Morgan fingerprint density at radius 2 is 2.07 bits per heavy atom. The number of nitro groups is 1. The number of nitrogens with zero attached hydrogens (tertiary/aromatic N) is 3. The van der Waals surface area contributed by atoms with Crippen LogP contribution in [0, 0.1) is 23.0 Å². The van der Waals surface area contributed by atoms with E-state index in [9.17, 15) is 24.8 Å². The Bertz CT molecular complexity index is 876. The van der Waals surface area contributed by atoms with Crippen molar-refractivity contribution in [3.05, 3.63) is 51.3 Å². The molecule has 10 heteroatoms. The van der Waals surface area contributed by atoms with Crippen LogP contribution in [0.25, 0.3) is 0 Å². The van der Waals surface area contributed by atoms with Crippen LogP contribution in [0.4, 0.5) is 5.69 Å². The third kappa shape index (κ3) is 4.40. The van der Waals surface area contributed by atoms with Crippen molar-refractivity contribution >= 4 is 17.6 Å². The molecule has 2 N–H and O–H groups in total. The van der Waals surface area contributed by atoms with Gasteiger partial charge in [-0.15, -0.1) is 0 Å². The summed E-state index contributed by atoms with van der Waals surface area (Å²) in [5, 5.41) is 27.0. The van der Waals surface area contributed by atoms with Crippen LogP contribution in [0.5, 0.6) is 5.75 Å². The molecule has 0 radical (unpaired) electrons. The molecule has 0 aliphatic rings. The third-order valence-electron chi connectivity index (χ3n) is 4.11. The molecule has 0 saturated carbocycles. The number of hydrogen-bond acceptors (Lipinski definition) is 6. The summed E-state index contributed by atoms with van der Waals surface area (Å²) in [6.45, 7) is 1.23. The highest BCUT2D eigenvalue weighted by Gasteiger charge is 2.30. The van der Waals surface area contributed by atoms with E-state index in [0.29, 0.717) is 11.3 Å². The zero-order valence-corrected chi connectivity index (χ0v) is 15.1. The number of carboxylic acids is 1. The zero-order valence-electron chi connectivity index (χ0n) is 15.1. The van der Waals surface area contributed by atoms with E-state index in [-0.39, 0.29) is 24.4 Å². The number of rotatable bonds is 8. The van der Waals surface area contributed by atoms with Crippen LogP contribution in [-0.4, -0.2) is 45.3 Å². The molecule has 1 heterocycles. The molecule has 1 unspecified atom stereocenters. The molecule has 0 saturated heterocycles. The molecule has 1 aromatic heterocycles.